The molecule has 1 aromatic carbocycles. The fraction of sp³-hybridized carbons (Fsp3) is 0.588. The fourth-order valence-electron chi connectivity index (χ4n) is 2.23. The van der Waals surface area contributed by atoms with Crippen molar-refractivity contribution in [2.45, 2.75) is 65.2 Å². The first-order chi connectivity index (χ1) is 8.93. The van der Waals surface area contributed by atoms with Crippen LogP contribution in [0.25, 0.3) is 0 Å². The van der Waals surface area contributed by atoms with Gasteiger partial charge in [0.2, 0.25) is 0 Å². The summed E-state index contributed by atoms with van der Waals surface area (Å²) in [6, 6.07) is 3.88. The summed E-state index contributed by atoms with van der Waals surface area (Å²) in [5.41, 5.74) is 2.38. The number of hydrogen-bond acceptors (Lipinski definition) is 2. The van der Waals surface area contributed by atoms with Gasteiger partial charge >= 0.3 is 5.97 Å². The molecule has 0 saturated heterocycles. The average Bonchev–Trinajstić information content (AvgIpc) is 2.24. The number of phenols is 1. The Hall–Kier alpha value is -1.02. The smallest absolute Gasteiger partial charge is 0.303 e. The van der Waals surface area contributed by atoms with Gasteiger partial charge < -0.3 is 10.2 Å². The van der Waals surface area contributed by atoms with E-state index in [4.69, 9.17) is 5.11 Å². The molecule has 122 valence electrons. The van der Waals surface area contributed by atoms with E-state index in [0.717, 1.165) is 16.7 Å². The molecule has 0 aliphatic heterocycles. The topological polar surface area (TPSA) is 57.5 Å². The molecule has 0 heterocycles. The molecule has 0 spiro atoms. The van der Waals surface area contributed by atoms with Gasteiger partial charge in [0, 0.05) is 22.9 Å². The minimum absolute atomic E-state index is 0. The minimum Gasteiger partial charge on any atom is -0.507 e. The Balaban J connectivity index is 0.00000400. The van der Waals surface area contributed by atoms with Crippen molar-refractivity contribution in [2.24, 2.45) is 0 Å². The van der Waals surface area contributed by atoms with E-state index in [0.29, 0.717) is 12.2 Å². The van der Waals surface area contributed by atoms with E-state index >= 15 is 0 Å². The summed E-state index contributed by atoms with van der Waals surface area (Å²) < 4.78 is 0. The SMILES string of the molecule is CC(C)(C)c1cc(CCC(=O)O)cc(C(C)(C)C)c1O.[Ni]. The zero-order chi connectivity index (χ0) is 15.7. The van der Waals surface area contributed by atoms with Crippen molar-refractivity contribution in [3.05, 3.63) is 28.8 Å². The summed E-state index contributed by atoms with van der Waals surface area (Å²) in [5.74, 6) is -0.461. The number of hydrogen-bond donors (Lipinski definition) is 2. The molecular formula is C17H26NiO3. The summed E-state index contributed by atoms with van der Waals surface area (Å²) in [5, 5.41) is 19.4. The molecule has 2 N–H and O–H groups in total. The van der Waals surface area contributed by atoms with Crippen molar-refractivity contribution in [3.8, 4) is 5.75 Å². The number of rotatable bonds is 3. The molecule has 0 aliphatic carbocycles. The van der Waals surface area contributed by atoms with E-state index < -0.39 is 5.97 Å². The Labute approximate surface area is 137 Å². The van der Waals surface area contributed by atoms with E-state index in [1.165, 1.54) is 0 Å². The molecule has 0 radical (unpaired) electrons. The van der Waals surface area contributed by atoms with Gasteiger partial charge in [-0.3, -0.25) is 4.79 Å². The number of benzene rings is 1. The monoisotopic (exact) mass is 336 g/mol. The van der Waals surface area contributed by atoms with Crippen LogP contribution >= 0.6 is 0 Å². The largest absolute Gasteiger partial charge is 0.507 e. The normalized spacial score (nSPS) is 11.9. The van der Waals surface area contributed by atoms with Gasteiger partial charge in [-0.1, -0.05) is 53.7 Å². The molecule has 0 aromatic heterocycles. The Morgan fingerprint density at radius 2 is 1.38 bits per heavy atom. The van der Waals surface area contributed by atoms with Crippen LogP contribution in [0.1, 0.15) is 64.7 Å². The summed E-state index contributed by atoms with van der Waals surface area (Å²) in [4.78, 5) is 10.8. The summed E-state index contributed by atoms with van der Waals surface area (Å²) in [7, 11) is 0. The third-order valence-corrected chi connectivity index (χ3v) is 3.41. The van der Waals surface area contributed by atoms with Gasteiger partial charge in [-0.2, -0.15) is 0 Å². The van der Waals surface area contributed by atoms with Gasteiger partial charge in [0.1, 0.15) is 5.75 Å². The first-order valence-corrected chi connectivity index (χ1v) is 7.01. The number of carbonyl (C=O) groups is 1. The molecule has 0 bridgehead atoms. The van der Waals surface area contributed by atoms with E-state index in [9.17, 15) is 9.90 Å². The van der Waals surface area contributed by atoms with Gasteiger partial charge in [0.15, 0.2) is 0 Å². The second kappa shape index (κ2) is 6.83. The van der Waals surface area contributed by atoms with Crippen LogP contribution < -0.4 is 0 Å². The van der Waals surface area contributed by atoms with E-state index in [1.807, 2.05) is 12.1 Å². The molecule has 0 fully saturated rings. The van der Waals surface area contributed by atoms with E-state index in [1.54, 1.807) is 0 Å². The zero-order valence-electron chi connectivity index (χ0n) is 13.7. The third kappa shape index (κ3) is 5.35. The number of aryl methyl sites for hydroxylation is 1. The second-order valence-electron chi connectivity index (χ2n) is 7.43. The minimum atomic E-state index is -0.798. The maximum Gasteiger partial charge on any atom is 0.303 e. The predicted octanol–water partition coefficient (Wildman–Crippen LogP) is 4.00. The molecule has 1 aromatic rings. The maximum atomic E-state index is 10.8. The van der Waals surface area contributed by atoms with Crippen LogP contribution in [0.4, 0.5) is 0 Å². The standard InChI is InChI=1S/C17H26O3.Ni/c1-16(2,3)12-9-11(7-8-14(18)19)10-13(15(12)20)17(4,5)6;/h9-10,20H,7-8H2,1-6H3,(H,18,19);. The van der Waals surface area contributed by atoms with Crippen molar-refractivity contribution in [3.63, 3.8) is 0 Å². The van der Waals surface area contributed by atoms with Crippen molar-refractivity contribution in [2.75, 3.05) is 0 Å². The van der Waals surface area contributed by atoms with Crippen LogP contribution in [0.3, 0.4) is 0 Å². The second-order valence-corrected chi connectivity index (χ2v) is 7.43. The number of aromatic hydroxyl groups is 1. The Kier molecular flexibility index (Phi) is 6.50. The van der Waals surface area contributed by atoms with E-state index in [-0.39, 0.29) is 33.7 Å². The van der Waals surface area contributed by atoms with Gasteiger partial charge in [-0.25, -0.2) is 0 Å². The van der Waals surface area contributed by atoms with Gasteiger partial charge in [-0.15, -0.1) is 0 Å². The molecule has 0 unspecified atom stereocenters. The number of phenolic OH excluding ortho intramolecular Hbond substituents is 1. The Morgan fingerprint density at radius 1 is 1.00 bits per heavy atom. The number of carboxylic acids is 1. The molecule has 0 saturated carbocycles. The summed E-state index contributed by atoms with van der Waals surface area (Å²) in [6.45, 7) is 12.3. The molecule has 4 heteroatoms. The number of aliphatic carboxylic acids is 1. The maximum absolute atomic E-state index is 10.8. The first kappa shape index (κ1) is 20.0. The van der Waals surface area contributed by atoms with Crippen LogP contribution in [-0.2, 0) is 38.5 Å². The van der Waals surface area contributed by atoms with Gasteiger partial charge in [0.25, 0.3) is 0 Å². The number of carboxylic acid groups (broad SMARTS) is 1. The molecule has 0 amide bonds. The van der Waals surface area contributed by atoms with Crippen LogP contribution in [0.2, 0.25) is 0 Å². The molecule has 21 heavy (non-hydrogen) atoms. The first-order valence-electron chi connectivity index (χ1n) is 7.01. The summed E-state index contributed by atoms with van der Waals surface area (Å²) in [6.07, 6.45) is 0.597. The molecular weight excluding hydrogens is 311 g/mol. The molecule has 3 nitrogen and oxygen atoms in total. The van der Waals surface area contributed by atoms with Crippen molar-refractivity contribution in [1.82, 2.24) is 0 Å². The quantitative estimate of drug-likeness (QED) is 0.820. The summed E-state index contributed by atoms with van der Waals surface area (Å²) >= 11 is 0. The molecule has 1 rings (SSSR count). The van der Waals surface area contributed by atoms with Crippen LogP contribution in [0.15, 0.2) is 12.1 Å². The van der Waals surface area contributed by atoms with Crippen molar-refractivity contribution < 1.29 is 31.5 Å². The van der Waals surface area contributed by atoms with Crippen LogP contribution in [0.5, 0.6) is 5.75 Å². The predicted molar refractivity (Wildman–Crippen MR) is 81.5 cm³/mol. The van der Waals surface area contributed by atoms with Crippen LogP contribution in [0, 0.1) is 0 Å². The third-order valence-electron chi connectivity index (χ3n) is 3.41. The average molecular weight is 337 g/mol. The Morgan fingerprint density at radius 3 is 1.67 bits per heavy atom. The molecule has 0 atom stereocenters. The van der Waals surface area contributed by atoms with Crippen molar-refractivity contribution in [1.29, 1.82) is 0 Å². The van der Waals surface area contributed by atoms with Gasteiger partial charge in [-0.05, 0) is 33.9 Å². The molecule has 0 aliphatic rings. The van der Waals surface area contributed by atoms with Gasteiger partial charge in [0.05, 0.1) is 0 Å². The zero-order valence-corrected chi connectivity index (χ0v) is 14.7. The van der Waals surface area contributed by atoms with Crippen LogP contribution in [-0.4, -0.2) is 16.2 Å². The fourth-order valence-corrected chi connectivity index (χ4v) is 2.23. The van der Waals surface area contributed by atoms with Crippen molar-refractivity contribution >= 4 is 5.97 Å². The van der Waals surface area contributed by atoms with E-state index in [2.05, 4.69) is 41.5 Å². The Bertz CT molecular complexity index is 473.